The molecule has 0 saturated heterocycles. The molecule has 80 valence electrons. The lowest BCUT2D eigenvalue weighted by Gasteiger charge is -2.08. The van der Waals surface area contributed by atoms with Crippen LogP contribution in [0.4, 0.5) is 13.2 Å². The highest BCUT2D eigenvalue weighted by Gasteiger charge is 2.26. The van der Waals surface area contributed by atoms with Gasteiger partial charge in [0.15, 0.2) is 0 Å². The molecule has 1 aromatic rings. The van der Waals surface area contributed by atoms with Gasteiger partial charge in [0.1, 0.15) is 11.6 Å². The predicted octanol–water partition coefficient (Wildman–Crippen LogP) is 1.67. The molecule has 1 rings (SSSR count). The minimum Gasteiger partial charge on any atom is -0.314 e. The zero-order valence-electron chi connectivity index (χ0n) is 7.58. The Hall–Kier alpha value is -1.77. The molecule has 0 unspecified atom stereocenters. The summed E-state index contributed by atoms with van der Waals surface area (Å²) >= 11 is 0. The first kappa shape index (κ1) is 11.3. The van der Waals surface area contributed by atoms with E-state index < -0.39 is 24.7 Å². The molecule has 0 radical (unpaired) electrons. The molecular weight excluding hydrogens is 209 g/mol. The molecule has 0 aliphatic rings. The topological polar surface area (TPSA) is 45.8 Å². The number of hydrogen-bond donors (Lipinski definition) is 0. The second-order valence-electron chi connectivity index (χ2n) is 2.90. The van der Waals surface area contributed by atoms with Crippen LogP contribution in [-0.2, 0) is 6.54 Å². The predicted molar refractivity (Wildman–Crippen MR) is 46.1 cm³/mol. The maximum absolute atomic E-state index is 11.9. The van der Waals surface area contributed by atoms with Gasteiger partial charge in [-0.15, -0.1) is 0 Å². The van der Waals surface area contributed by atoms with Crippen molar-refractivity contribution >= 4 is 0 Å². The highest BCUT2D eigenvalue weighted by Crippen LogP contribution is 2.19. The van der Waals surface area contributed by atoms with Gasteiger partial charge in [0.25, 0.3) is 5.56 Å². The highest BCUT2D eigenvalue weighted by atomic mass is 19.4. The molecule has 15 heavy (non-hydrogen) atoms. The summed E-state index contributed by atoms with van der Waals surface area (Å²) in [4.78, 5) is 11.3. The Morgan fingerprint density at radius 1 is 1.47 bits per heavy atom. The first-order chi connectivity index (χ1) is 6.94. The summed E-state index contributed by atoms with van der Waals surface area (Å²) in [7, 11) is 0. The lowest BCUT2D eigenvalue weighted by atomic mass is 10.3. The van der Waals surface area contributed by atoms with E-state index in [0.29, 0.717) is 0 Å². The van der Waals surface area contributed by atoms with Crippen LogP contribution in [-0.4, -0.2) is 10.7 Å². The third-order valence-corrected chi connectivity index (χ3v) is 1.78. The number of alkyl halides is 3. The number of nitrogens with zero attached hydrogens (tertiary/aromatic N) is 2. The molecule has 0 bridgehead atoms. The summed E-state index contributed by atoms with van der Waals surface area (Å²) in [5.41, 5.74) is -0.844. The van der Waals surface area contributed by atoms with Crippen molar-refractivity contribution in [1.29, 1.82) is 5.26 Å². The molecule has 0 aliphatic carbocycles. The van der Waals surface area contributed by atoms with Crippen LogP contribution in [0.2, 0.25) is 0 Å². The average Bonchev–Trinajstić information content (AvgIpc) is 2.15. The molecule has 0 fully saturated rings. The first-order valence-corrected chi connectivity index (χ1v) is 4.10. The fourth-order valence-electron chi connectivity index (χ4n) is 1.05. The molecule has 1 heterocycles. The quantitative estimate of drug-likeness (QED) is 0.754. The Bertz CT molecular complexity index is 442. The van der Waals surface area contributed by atoms with E-state index in [4.69, 9.17) is 5.26 Å². The molecule has 0 N–H and O–H groups in total. The lowest BCUT2D eigenvalue weighted by molar-refractivity contribution is -0.136. The average molecular weight is 216 g/mol. The van der Waals surface area contributed by atoms with Crippen molar-refractivity contribution in [2.75, 3.05) is 0 Å². The summed E-state index contributed by atoms with van der Waals surface area (Å²) in [5, 5.41) is 8.49. The molecular formula is C9H7F3N2O. The van der Waals surface area contributed by atoms with E-state index in [2.05, 4.69) is 0 Å². The van der Waals surface area contributed by atoms with E-state index in [1.165, 1.54) is 18.3 Å². The van der Waals surface area contributed by atoms with E-state index in [-0.39, 0.29) is 5.56 Å². The van der Waals surface area contributed by atoms with E-state index in [1.54, 1.807) is 6.07 Å². The summed E-state index contributed by atoms with van der Waals surface area (Å²) in [5.74, 6) is 0. The molecule has 0 spiro atoms. The number of halogens is 3. The molecule has 0 aromatic carbocycles. The lowest BCUT2D eigenvalue weighted by Crippen LogP contribution is -2.24. The summed E-state index contributed by atoms with van der Waals surface area (Å²) in [6.45, 7) is -0.460. The zero-order valence-corrected chi connectivity index (χ0v) is 7.58. The minimum absolute atomic E-state index is 0.153. The smallest absolute Gasteiger partial charge is 0.314 e. The van der Waals surface area contributed by atoms with Crippen molar-refractivity contribution in [3.63, 3.8) is 0 Å². The van der Waals surface area contributed by atoms with Crippen LogP contribution in [0.1, 0.15) is 12.0 Å². The second-order valence-corrected chi connectivity index (χ2v) is 2.90. The van der Waals surface area contributed by atoms with Crippen molar-refractivity contribution in [2.24, 2.45) is 0 Å². The third kappa shape index (κ3) is 3.13. The van der Waals surface area contributed by atoms with E-state index in [9.17, 15) is 18.0 Å². The molecule has 0 amide bonds. The van der Waals surface area contributed by atoms with Gasteiger partial charge < -0.3 is 4.57 Å². The van der Waals surface area contributed by atoms with Crippen molar-refractivity contribution in [1.82, 2.24) is 4.57 Å². The van der Waals surface area contributed by atoms with Crippen molar-refractivity contribution < 1.29 is 13.2 Å². The van der Waals surface area contributed by atoms with Crippen LogP contribution in [0.25, 0.3) is 0 Å². The van der Waals surface area contributed by atoms with Gasteiger partial charge in [-0.25, -0.2) is 0 Å². The Labute approximate surface area is 83.4 Å². The normalized spacial score (nSPS) is 11.1. The van der Waals surface area contributed by atoms with Gasteiger partial charge >= 0.3 is 6.18 Å². The number of aryl methyl sites for hydroxylation is 1. The molecule has 0 atom stereocenters. The maximum Gasteiger partial charge on any atom is 0.390 e. The van der Waals surface area contributed by atoms with Crippen LogP contribution in [0, 0.1) is 11.3 Å². The fourth-order valence-corrected chi connectivity index (χ4v) is 1.05. The largest absolute Gasteiger partial charge is 0.390 e. The van der Waals surface area contributed by atoms with Crippen molar-refractivity contribution in [2.45, 2.75) is 19.1 Å². The molecule has 6 heteroatoms. The van der Waals surface area contributed by atoms with Crippen LogP contribution < -0.4 is 5.56 Å². The number of rotatable bonds is 2. The van der Waals surface area contributed by atoms with Crippen LogP contribution in [0.3, 0.4) is 0 Å². The van der Waals surface area contributed by atoms with Crippen LogP contribution in [0.15, 0.2) is 23.1 Å². The van der Waals surface area contributed by atoms with Crippen molar-refractivity contribution in [3.8, 4) is 6.07 Å². The minimum atomic E-state index is -4.30. The van der Waals surface area contributed by atoms with E-state index in [1.807, 2.05) is 0 Å². The second kappa shape index (κ2) is 4.17. The SMILES string of the molecule is N#Cc1cccn(CCC(F)(F)F)c1=O. The Morgan fingerprint density at radius 2 is 2.13 bits per heavy atom. The summed E-state index contributed by atoms with van der Waals surface area (Å²) < 4.78 is 36.5. The van der Waals surface area contributed by atoms with Crippen LogP contribution >= 0.6 is 0 Å². The Balaban J connectivity index is 2.89. The maximum atomic E-state index is 11.9. The molecule has 3 nitrogen and oxygen atoms in total. The van der Waals surface area contributed by atoms with Gasteiger partial charge in [-0.3, -0.25) is 4.79 Å². The Morgan fingerprint density at radius 3 is 2.67 bits per heavy atom. The monoisotopic (exact) mass is 216 g/mol. The number of hydrogen-bond acceptors (Lipinski definition) is 2. The molecule has 1 aromatic heterocycles. The highest BCUT2D eigenvalue weighted by molar-refractivity contribution is 5.24. The van der Waals surface area contributed by atoms with Gasteiger partial charge in [-0.05, 0) is 12.1 Å². The molecule has 0 aliphatic heterocycles. The number of pyridine rings is 1. The first-order valence-electron chi connectivity index (χ1n) is 4.10. The van der Waals surface area contributed by atoms with Crippen LogP contribution in [0.5, 0.6) is 0 Å². The summed E-state index contributed by atoms with van der Waals surface area (Å²) in [6.07, 6.45) is -4.15. The molecule has 0 saturated carbocycles. The fraction of sp³-hybridized carbons (Fsp3) is 0.333. The van der Waals surface area contributed by atoms with Gasteiger partial charge in [0, 0.05) is 12.7 Å². The number of aromatic nitrogens is 1. The third-order valence-electron chi connectivity index (χ3n) is 1.78. The van der Waals surface area contributed by atoms with E-state index >= 15 is 0 Å². The summed E-state index contributed by atoms with van der Waals surface area (Å²) in [6, 6.07) is 4.26. The van der Waals surface area contributed by atoms with E-state index in [0.717, 1.165) is 4.57 Å². The van der Waals surface area contributed by atoms with Crippen molar-refractivity contribution in [3.05, 3.63) is 34.2 Å². The van der Waals surface area contributed by atoms with Gasteiger partial charge in [-0.1, -0.05) is 0 Å². The standard InChI is InChI=1S/C9H7F3N2O/c10-9(11,12)3-5-14-4-1-2-7(6-13)8(14)15/h1-2,4H,3,5H2. The van der Waals surface area contributed by atoms with Gasteiger partial charge in [-0.2, -0.15) is 18.4 Å². The zero-order chi connectivity index (χ0) is 11.5. The van der Waals surface area contributed by atoms with Gasteiger partial charge in [0.2, 0.25) is 0 Å². The Kier molecular flexibility index (Phi) is 3.14. The van der Waals surface area contributed by atoms with Gasteiger partial charge in [0.05, 0.1) is 6.42 Å². The number of nitriles is 1.